The Bertz CT molecular complexity index is 1230. The summed E-state index contributed by atoms with van der Waals surface area (Å²) in [4.78, 5) is 7.97. The molecule has 30 heavy (non-hydrogen) atoms. The van der Waals surface area contributed by atoms with Crippen molar-refractivity contribution in [1.29, 1.82) is 5.26 Å². The number of halogens is 2. The first kappa shape index (κ1) is 21.2. The zero-order valence-electron chi connectivity index (χ0n) is 15.7. The van der Waals surface area contributed by atoms with Crippen molar-refractivity contribution in [3.05, 3.63) is 30.0 Å². The third-order valence-electron chi connectivity index (χ3n) is 4.03. The van der Waals surface area contributed by atoms with Crippen molar-refractivity contribution in [1.82, 2.24) is 14.5 Å². The van der Waals surface area contributed by atoms with Gasteiger partial charge >= 0.3 is 0 Å². The molecular formula is C17H15F2N5O5S. The summed E-state index contributed by atoms with van der Waals surface area (Å²) in [7, 11) is -1.63. The van der Waals surface area contributed by atoms with Crippen LogP contribution in [0.25, 0.3) is 16.9 Å². The third kappa shape index (κ3) is 3.82. The van der Waals surface area contributed by atoms with Crippen molar-refractivity contribution in [2.24, 2.45) is 5.14 Å². The predicted octanol–water partition coefficient (Wildman–Crippen LogP) is 1.93. The van der Waals surface area contributed by atoms with Crippen LogP contribution in [-0.4, -0.2) is 43.8 Å². The van der Waals surface area contributed by atoms with E-state index in [1.54, 1.807) is 6.07 Å². The number of hydrogen-bond donors (Lipinski definition) is 1. The van der Waals surface area contributed by atoms with Crippen molar-refractivity contribution < 1.29 is 31.4 Å². The molecule has 3 aromatic rings. The summed E-state index contributed by atoms with van der Waals surface area (Å²) in [5.41, 5.74) is -0.262. The molecule has 1 aromatic carbocycles. The Morgan fingerprint density at radius 1 is 1.23 bits per heavy atom. The minimum atomic E-state index is -4.19. The molecule has 0 fully saturated rings. The van der Waals surface area contributed by atoms with E-state index in [1.165, 1.54) is 24.9 Å². The fraction of sp³-hybridized carbons (Fsp3) is 0.235. The van der Waals surface area contributed by atoms with E-state index in [0.29, 0.717) is 0 Å². The second kappa shape index (κ2) is 8.09. The number of nitriles is 1. The van der Waals surface area contributed by atoms with Gasteiger partial charge in [0.1, 0.15) is 11.0 Å². The van der Waals surface area contributed by atoms with E-state index in [9.17, 15) is 17.2 Å². The molecule has 158 valence electrons. The molecule has 0 aliphatic heterocycles. The summed E-state index contributed by atoms with van der Waals surface area (Å²) in [6, 6.07) is 5.22. The number of benzene rings is 1. The zero-order chi connectivity index (χ0) is 22.1. The lowest BCUT2D eigenvalue weighted by atomic mass is 10.2. The Balaban J connectivity index is 2.33. The molecule has 0 saturated heterocycles. The quantitative estimate of drug-likeness (QED) is 0.588. The van der Waals surface area contributed by atoms with Gasteiger partial charge in [-0.1, -0.05) is 12.1 Å². The molecule has 13 heteroatoms. The van der Waals surface area contributed by atoms with Crippen molar-refractivity contribution in [2.75, 3.05) is 20.8 Å². The van der Waals surface area contributed by atoms with Gasteiger partial charge in [-0.05, 0) is 6.07 Å². The highest BCUT2D eigenvalue weighted by Gasteiger charge is 2.24. The first-order valence-corrected chi connectivity index (χ1v) is 9.72. The first-order valence-electron chi connectivity index (χ1n) is 8.17. The zero-order valence-corrected chi connectivity index (χ0v) is 16.5. The van der Waals surface area contributed by atoms with Gasteiger partial charge in [-0.15, -0.1) is 0 Å². The monoisotopic (exact) mass is 439 g/mol. The van der Waals surface area contributed by atoms with Crippen molar-refractivity contribution >= 4 is 20.9 Å². The van der Waals surface area contributed by atoms with Crippen LogP contribution in [0.2, 0.25) is 0 Å². The van der Waals surface area contributed by atoms with E-state index in [4.69, 9.17) is 24.6 Å². The summed E-state index contributed by atoms with van der Waals surface area (Å²) in [5.74, 6) is -0.437. The van der Waals surface area contributed by atoms with Crippen LogP contribution in [0.5, 0.6) is 17.5 Å². The summed E-state index contributed by atoms with van der Waals surface area (Å²) >= 11 is 0. The molecule has 0 bridgehead atoms. The van der Waals surface area contributed by atoms with Gasteiger partial charge in [0.2, 0.25) is 21.7 Å². The maximum atomic E-state index is 13.2. The molecule has 3 rings (SSSR count). The largest absolute Gasteiger partial charge is 0.478 e. The smallest absolute Gasteiger partial charge is 0.266 e. The lowest BCUT2D eigenvalue weighted by Crippen LogP contribution is -2.11. The van der Waals surface area contributed by atoms with Gasteiger partial charge in [0.05, 0.1) is 19.7 Å². The second-order valence-electron chi connectivity index (χ2n) is 5.80. The van der Waals surface area contributed by atoms with E-state index in [0.717, 1.165) is 18.3 Å². The molecule has 2 aromatic heterocycles. The average molecular weight is 439 g/mol. The number of hydrogen-bond acceptors (Lipinski definition) is 8. The molecule has 0 aliphatic carbocycles. The minimum absolute atomic E-state index is 0.0540. The van der Waals surface area contributed by atoms with Gasteiger partial charge in [0.15, 0.2) is 6.61 Å². The molecule has 0 saturated carbocycles. The number of rotatable bonds is 7. The normalized spacial score (nSPS) is 11.5. The summed E-state index contributed by atoms with van der Waals surface area (Å²) in [6.07, 6.45) is -1.68. The highest BCUT2D eigenvalue weighted by molar-refractivity contribution is 7.89. The number of sulfonamides is 1. The third-order valence-corrected chi connectivity index (χ3v) is 4.96. The minimum Gasteiger partial charge on any atom is -0.478 e. The number of fused-ring (bicyclic) bond motifs is 1. The molecule has 0 unspecified atom stereocenters. The number of methoxy groups -OCH3 is 2. The predicted molar refractivity (Wildman–Crippen MR) is 99.4 cm³/mol. The number of primary sulfonamides is 1. The van der Waals surface area contributed by atoms with E-state index < -0.39 is 16.4 Å². The first-order chi connectivity index (χ1) is 14.2. The SMILES string of the molecule is COc1nc(-n2cc(S(N)(=O)=O)c3ccc(C(F)F)cc32)nc(OC)c1OCC#N. The van der Waals surface area contributed by atoms with Gasteiger partial charge in [-0.3, -0.25) is 4.57 Å². The summed E-state index contributed by atoms with van der Waals surface area (Å²) < 4.78 is 67.1. The maximum Gasteiger partial charge on any atom is 0.266 e. The Labute approximate surface area is 169 Å². The van der Waals surface area contributed by atoms with Gasteiger partial charge < -0.3 is 14.2 Å². The molecule has 10 nitrogen and oxygen atoms in total. The molecule has 0 atom stereocenters. The Kier molecular flexibility index (Phi) is 5.72. The van der Waals surface area contributed by atoms with E-state index in [-0.39, 0.29) is 51.4 Å². The highest BCUT2D eigenvalue weighted by atomic mass is 32.2. The summed E-state index contributed by atoms with van der Waals surface area (Å²) in [6.45, 7) is -0.338. The Morgan fingerprint density at radius 3 is 2.37 bits per heavy atom. The van der Waals surface area contributed by atoms with E-state index in [2.05, 4.69) is 9.97 Å². The molecule has 0 spiro atoms. The number of nitrogens with two attached hydrogens (primary N) is 1. The average Bonchev–Trinajstić information content (AvgIpc) is 3.10. The van der Waals surface area contributed by atoms with Crippen LogP contribution in [0, 0.1) is 11.3 Å². The molecule has 2 heterocycles. The lowest BCUT2D eigenvalue weighted by molar-refractivity contribution is 0.151. The molecular weight excluding hydrogens is 424 g/mol. The van der Waals surface area contributed by atoms with Gasteiger partial charge in [-0.25, -0.2) is 22.3 Å². The van der Waals surface area contributed by atoms with Crippen LogP contribution in [0.15, 0.2) is 29.3 Å². The van der Waals surface area contributed by atoms with Crippen LogP contribution < -0.4 is 19.3 Å². The Hall–Kier alpha value is -3.50. The van der Waals surface area contributed by atoms with Crippen LogP contribution in [0.3, 0.4) is 0 Å². The van der Waals surface area contributed by atoms with E-state index in [1.807, 2.05) is 0 Å². The van der Waals surface area contributed by atoms with E-state index >= 15 is 0 Å². The van der Waals surface area contributed by atoms with Gasteiger partial charge in [0, 0.05) is 17.1 Å². The maximum absolute atomic E-state index is 13.2. The molecule has 0 radical (unpaired) electrons. The molecule has 2 N–H and O–H groups in total. The Morgan fingerprint density at radius 2 is 1.87 bits per heavy atom. The fourth-order valence-electron chi connectivity index (χ4n) is 2.75. The topological polar surface area (TPSA) is 142 Å². The van der Waals surface area contributed by atoms with Crippen LogP contribution in [0.4, 0.5) is 8.78 Å². The van der Waals surface area contributed by atoms with Gasteiger partial charge in [-0.2, -0.15) is 15.2 Å². The van der Waals surface area contributed by atoms with Crippen LogP contribution in [-0.2, 0) is 10.0 Å². The van der Waals surface area contributed by atoms with Crippen LogP contribution >= 0.6 is 0 Å². The standard InChI is InChI=1S/C17H15F2N5O5S/c1-27-15-13(29-6-5-20)16(28-2)23-17(22-15)24-8-12(30(21,25)26)10-4-3-9(14(18)19)7-11(10)24/h3-4,7-8,14H,6H2,1-2H3,(H2,21,25,26). The summed E-state index contributed by atoms with van der Waals surface area (Å²) in [5, 5.41) is 14.1. The lowest BCUT2D eigenvalue weighted by Gasteiger charge is -2.13. The number of ether oxygens (including phenoxy) is 3. The second-order valence-corrected chi connectivity index (χ2v) is 7.33. The molecule has 0 aliphatic rings. The van der Waals surface area contributed by atoms with Crippen molar-refractivity contribution in [3.8, 4) is 29.5 Å². The van der Waals surface area contributed by atoms with Crippen LogP contribution in [0.1, 0.15) is 12.0 Å². The van der Waals surface area contributed by atoms with Crippen molar-refractivity contribution in [2.45, 2.75) is 11.3 Å². The van der Waals surface area contributed by atoms with Gasteiger partial charge in [0.25, 0.3) is 18.2 Å². The highest BCUT2D eigenvalue weighted by Crippen LogP contribution is 2.36. The number of aromatic nitrogens is 3. The fourth-order valence-corrected chi connectivity index (χ4v) is 3.48. The van der Waals surface area contributed by atoms with Crippen molar-refractivity contribution in [3.63, 3.8) is 0 Å². The molecule has 0 amide bonds. The number of nitrogens with zero attached hydrogens (tertiary/aromatic N) is 4. The number of alkyl halides is 2.